The molecule has 9 heteroatoms. The van der Waals surface area contributed by atoms with Gasteiger partial charge < -0.3 is 9.64 Å². The maximum absolute atomic E-state index is 5.86. The van der Waals surface area contributed by atoms with E-state index in [9.17, 15) is 0 Å². The lowest BCUT2D eigenvalue weighted by Gasteiger charge is -2.26. The molecule has 1 aliphatic heterocycles. The molecular formula is C36H43N7OS. The van der Waals surface area contributed by atoms with Gasteiger partial charge in [0.05, 0.1) is 40.0 Å². The maximum Gasteiger partial charge on any atom is 0.140 e. The molecule has 0 saturated carbocycles. The third-order valence-electron chi connectivity index (χ3n) is 7.70. The first kappa shape index (κ1) is 32.2. The predicted octanol–water partition coefficient (Wildman–Crippen LogP) is 13.0. The summed E-state index contributed by atoms with van der Waals surface area (Å²) in [6, 6.07) is 25.3. The van der Waals surface area contributed by atoms with E-state index in [1.54, 1.807) is 11.3 Å². The second kappa shape index (κ2) is 17.3. The van der Waals surface area contributed by atoms with Crippen LogP contribution in [0.3, 0.4) is 0 Å². The normalized spacial score (nSPS) is 13.9. The number of nitrogens with zero attached hydrogens (tertiary/aromatic N) is 7. The molecule has 4 aromatic rings. The Labute approximate surface area is 271 Å². The summed E-state index contributed by atoms with van der Waals surface area (Å²) < 4.78 is 5.86. The Kier molecular flexibility index (Phi) is 12.4. The SMILES string of the molecule is CCCCCCCCOc1ccc(/N=N/c2ccc(/N=N/c3ccc(/N=N/c4ccc(N5CCCCC5)s4)cc3C)cc2)cc1. The van der Waals surface area contributed by atoms with Crippen LogP contribution in [-0.4, -0.2) is 19.7 Å². The van der Waals surface area contributed by atoms with Gasteiger partial charge in [0.1, 0.15) is 10.8 Å². The van der Waals surface area contributed by atoms with Crippen LogP contribution < -0.4 is 9.64 Å². The molecule has 1 aromatic heterocycles. The lowest BCUT2D eigenvalue weighted by atomic mass is 10.1. The maximum atomic E-state index is 5.86. The van der Waals surface area contributed by atoms with Gasteiger partial charge >= 0.3 is 0 Å². The Morgan fingerprint density at radius 1 is 0.622 bits per heavy atom. The second-order valence-electron chi connectivity index (χ2n) is 11.4. The number of azo groups is 3. The van der Waals surface area contributed by atoms with Crippen LogP contribution in [0.2, 0.25) is 0 Å². The lowest BCUT2D eigenvalue weighted by Crippen LogP contribution is -2.28. The molecule has 0 radical (unpaired) electrons. The first-order valence-corrected chi connectivity index (χ1v) is 17.0. The number of ether oxygens (including phenoxy) is 1. The van der Waals surface area contributed by atoms with Gasteiger partial charge in [-0.3, -0.25) is 0 Å². The highest BCUT2D eigenvalue weighted by Crippen LogP contribution is 2.35. The summed E-state index contributed by atoms with van der Waals surface area (Å²) in [6.07, 6.45) is 11.4. The summed E-state index contributed by atoms with van der Waals surface area (Å²) in [5, 5.41) is 28.7. The number of benzene rings is 3. The smallest absolute Gasteiger partial charge is 0.140 e. The van der Waals surface area contributed by atoms with Gasteiger partial charge in [-0.15, -0.1) is 10.2 Å². The summed E-state index contributed by atoms with van der Waals surface area (Å²) in [7, 11) is 0. The Morgan fingerprint density at radius 3 is 1.91 bits per heavy atom. The van der Waals surface area contributed by atoms with Crippen molar-refractivity contribution in [3.05, 3.63) is 84.4 Å². The molecule has 45 heavy (non-hydrogen) atoms. The van der Waals surface area contributed by atoms with Crippen LogP contribution in [-0.2, 0) is 0 Å². The molecule has 5 rings (SSSR count). The van der Waals surface area contributed by atoms with E-state index in [4.69, 9.17) is 4.74 Å². The quantitative estimate of drug-likeness (QED) is 0.0976. The Balaban J connectivity index is 1.08. The highest BCUT2D eigenvalue weighted by Gasteiger charge is 2.12. The molecule has 0 unspecified atom stereocenters. The fraction of sp³-hybridized carbons (Fsp3) is 0.389. The summed E-state index contributed by atoms with van der Waals surface area (Å²) in [6.45, 7) is 7.26. The van der Waals surface area contributed by atoms with Crippen LogP contribution >= 0.6 is 11.3 Å². The van der Waals surface area contributed by atoms with Crippen molar-refractivity contribution in [1.82, 2.24) is 0 Å². The number of hydrogen-bond donors (Lipinski definition) is 0. The van der Waals surface area contributed by atoms with E-state index >= 15 is 0 Å². The number of piperidine rings is 1. The Hall–Kier alpha value is -4.24. The van der Waals surface area contributed by atoms with E-state index in [1.807, 2.05) is 79.7 Å². The predicted molar refractivity (Wildman–Crippen MR) is 186 cm³/mol. The number of aryl methyl sites for hydroxylation is 1. The fourth-order valence-corrected chi connectivity index (χ4v) is 5.95. The van der Waals surface area contributed by atoms with Gasteiger partial charge in [0.15, 0.2) is 0 Å². The molecule has 234 valence electrons. The molecule has 8 nitrogen and oxygen atoms in total. The summed E-state index contributed by atoms with van der Waals surface area (Å²) >= 11 is 1.69. The largest absolute Gasteiger partial charge is 0.494 e. The highest BCUT2D eigenvalue weighted by atomic mass is 32.1. The molecule has 3 aromatic carbocycles. The molecule has 1 fully saturated rings. The van der Waals surface area contributed by atoms with E-state index in [-0.39, 0.29) is 0 Å². The molecule has 0 bridgehead atoms. The molecule has 0 amide bonds. The van der Waals surface area contributed by atoms with E-state index in [0.717, 1.165) is 70.9 Å². The van der Waals surface area contributed by atoms with Gasteiger partial charge in [-0.2, -0.15) is 20.5 Å². The van der Waals surface area contributed by atoms with Gasteiger partial charge in [0.2, 0.25) is 0 Å². The third kappa shape index (κ3) is 10.4. The van der Waals surface area contributed by atoms with Crippen molar-refractivity contribution in [1.29, 1.82) is 0 Å². The molecule has 0 spiro atoms. The van der Waals surface area contributed by atoms with Gasteiger partial charge in [-0.25, -0.2) is 0 Å². The highest BCUT2D eigenvalue weighted by molar-refractivity contribution is 7.19. The van der Waals surface area contributed by atoms with Gasteiger partial charge in [-0.05, 0) is 117 Å². The minimum Gasteiger partial charge on any atom is -0.494 e. The van der Waals surface area contributed by atoms with Crippen molar-refractivity contribution in [3.63, 3.8) is 0 Å². The van der Waals surface area contributed by atoms with Crippen LogP contribution in [0.4, 0.5) is 38.4 Å². The van der Waals surface area contributed by atoms with Gasteiger partial charge in [0.25, 0.3) is 0 Å². The van der Waals surface area contributed by atoms with Crippen molar-refractivity contribution in [2.75, 3.05) is 24.6 Å². The number of rotatable bonds is 15. The minimum atomic E-state index is 0.742. The first-order chi connectivity index (χ1) is 22.2. The van der Waals surface area contributed by atoms with Crippen LogP contribution in [0.25, 0.3) is 0 Å². The second-order valence-corrected chi connectivity index (χ2v) is 12.4. The van der Waals surface area contributed by atoms with E-state index in [1.165, 1.54) is 56.4 Å². The monoisotopic (exact) mass is 621 g/mol. The van der Waals surface area contributed by atoms with Gasteiger partial charge in [-0.1, -0.05) is 50.4 Å². The summed E-state index contributed by atoms with van der Waals surface area (Å²) in [5.74, 6) is 0.867. The van der Waals surface area contributed by atoms with Crippen molar-refractivity contribution < 1.29 is 4.74 Å². The topological polar surface area (TPSA) is 86.6 Å². The van der Waals surface area contributed by atoms with Crippen LogP contribution in [0.1, 0.15) is 70.3 Å². The molecule has 1 aliphatic rings. The van der Waals surface area contributed by atoms with Crippen molar-refractivity contribution in [2.45, 2.75) is 71.6 Å². The zero-order valence-electron chi connectivity index (χ0n) is 26.4. The minimum absolute atomic E-state index is 0.742. The zero-order chi connectivity index (χ0) is 31.1. The first-order valence-electron chi connectivity index (χ1n) is 16.2. The van der Waals surface area contributed by atoms with Crippen molar-refractivity contribution in [2.24, 2.45) is 30.7 Å². The van der Waals surface area contributed by atoms with E-state index in [0.29, 0.717) is 0 Å². The Morgan fingerprint density at radius 2 is 1.22 bits per heavy atom. The standard InChI is InChI=1S/C36H43N7OS/c1-3-4-5-6-7-11-26-44-33-19-16-31(17-20-33)38-37-29-12-14-30(15-13-29)39-41-34-21-18-32(27-28(34)2)40-42-35-22-23-36(45-35)43-24-9-8-10-25-43/h12-23,27H,3-11,24-26H2,1-2H3/b38-37+,41-39+,42-40+. The Bertz CT molecular complexity index is 1560. The van der Waals surface area contributed by atoms with Gasteiger partial charge in [0, 0.05) is 13.1 Å². The summed E-state index contributed by atoms with van der Waals surface area (Å²) in [5.41, 5.74) is 4.84. The van der Waals surface area contributed by atoms with E-state index in [2.05, 4.69) is 48.6 Å². The van der Waals surface area contributed by atoms with Crippen LogP contribution in [0.5, 0.6) is 5.75 Å². The number of unbranched alkanes of at least 4 members (excludes halogenated alkanes) is 5. The summed E-state index contributed by atoms with van der Waals surface area (Å²) in [4.78, 5) is 2.45. The molecule has 0 atom stereocenters. The van der Waals surface area contributed by atoms with Crippen molar-refractivity contribution >= 4 is 49.8 Å². The fourth-order valence-electron chi connectivity index (χ4n) is 5.07. The molecule has 0 N–H and O–H groups in total. The molecular weight excluding hydrogens is 579 g/mol. The van der Waals surface area contributed by atoms with Crippen LogP contribution in [0, 0.1) is 6.92 Å². The van der Waals surface area contributed by atoms with Crippen molar-refractivity contribution in [3.8, 4) is 5.75 Å². The average Bonchev–Trinajstić information content (AvgIpc) is 3.56. The third-order valence-corrected chi connectivity index (χ3v) is 8.73. The molecule has 2 heterocycles. The molecule has 0 aliphatic carbocycles. The van der Waals surface area contributed by atoms with Crippen LogP contribution in [0.15, 0.2) is 110 Å². The lowest BCUT2D eigenvalue weighted by molar-refractivity contribution is 0.304. The number of anilines is 1. The number of thiophene rings is 1. The molecule has 1 saturated heterocycles. The van der Waals surface area contributed by atoms with E-state index < -0.39 is 0 Å². The average molecular weight is 622 g/mol. The number of hydrogen-bond acceptors (Lipinski definition) is 9. The zero-order valence-corrected chi connectivity index (χ0v) is 27.3.